The monoisotopic (exact) mass is 611 g/mol. The van der Waals surface area contributed by atoms with Crippen LogP contribution in [0.4, 0.5) is 0 Å². The summed E-state index contributed by atoms with van der Waals surface area (Å²) in [5.74, 6) is -3.66. The van der Waals surface area contributed by atoms with Gasteiger partial charge in [-0.1, -0.05) is 13.8 Å². The summed E-state index contributed by atoms with van der Waals surface area (Å²) in [6.45, 7) is 5.88. The third-order valence-corrected chi connectivity index (χ3v) is 6.71. The number of nitrogens with zero attached hydrogens (tertiary/aromatic N) is 3. The van der Waals surface area contributed by atoms with Gasteiger partial charge in [0.1, 0.15) is 24.2 Å². The molecule has 4 amide bonds. The van der Waals surface area contributed by atoms with Crippen molar-refractivity contribution in [2.24, 2.45) is 44.6 Å². The number of aliphatic imine (C=N–C) groups is 2. The Morgan fingerprint density at radius 1 is 0.837 bits per heavy atom. The molecule has 0 aromatic heterocycles. The molecule has 244 valence electrons. The number of nitrogens with one attached hydrogen (secondary N) is 3. The molecule has 0 saturated carbocycles. The summed E-state index contributed by atoms with van der Waals surface area (Å²) in [5, 5.41) is 17.5. The number of amides is 4. The average Bonchev–Trinajstić information content (AvgIpc) is 3.40. The third-order valence-electron chi connectivity index (χ3n) is 6.71. The minimum Gasteiger partial charge on any atom is -0.480 e. The van der Waals surface area contributed by atoms with E-state index < -0.39 is 59.8 Å². The van der Waals surface area contributed by atoms with E-state index in [0.717, 1.165) is 0 Å². The van der Waals surface area contributed by atoms with Gasteiger partial charge in [-0.3, -0.25) is 29.2 Å². The fraction of sp³-hybridized carbons (Fsp3) is 0.731. The first-order valence-electron chi connectivity index (χ1n) is 14.4. The number of hydrogen-bond acceptors (Lipinski definition) is 8. The van der Waals surface area contributed by atoms with Crippen molar-refractivity contribution in [3.05, 3.63) is 0 Å². The van der Waals surface area contributed by atoms with Gasteiger partial charge in [0, 0.05) is 19.6 Å². The second-order valence-corrected chi connectivity index (χ2v) is 11.0. The fourth-order valence-corrected chi connectivity index (χ4v) is 4.57. The van der Waals surface area contributed by atoms with Crippen molar-refractivity contribution in [1.82, 2.24) is 20.9 Å². The van der Waals surface area contributed by atoms with Crippen molar-refractivity contribution in [2.45, 2.75) is 95.9 Å². The van der Waals surface area contributed by atoms with Crippen LogP contribution in [0.5, 0.6) is 0 Å². The van der Waals surface area contributed by atoms with Crippen LogP contribution in [-0.4, -0.2) is 101 Å². The van der Waals surface area contributed by atoms with Crippen LogP contribution in [0.15, 0.2) is 9.98 Å². The molecule has 1 aliphatic heterocycles. The van der Waals surface area contributed by atoms with Gasteiger partial charge >= 0.3 is 5.97 Å². The Morgan fingerprint density at radius 2 is 1.37 bits per heavy atom. The quantitative estimate of drug-likeness (QED) is 0.0428. The minimum atomic E-state index is -1.23. The molecule has 17 nitrogen and oxygen atoms in total. The van der Waals surface area contributed by atoms with Crippen LogP contribution >= 0.6 is 0 Å². The Bertz CT molecular complexity index is 1030. The second kappa shape index (κ2) is 18.4. The van der Waals surface area contributed by atoms with E-state index in [2.05, 4.69) is 25.9 Å². The van der Waals surface area contributed by atoms with Crippen molar-refractivity contribution in [1.29, 1.82) is 0 Å². The number of carbonyl (C=O) groups is 5. The van der Waals surface area contributed by atoms with Gasteiger partial charge in [0.15, 0.2) is 11.9 Å². The zero-order chi connectivity index (χ0) is 32.7. The summed E-state index contributed by atoms with van der Waals surface area (Å²) in [6, 6.07) is -5.00. The number of guanidine groups is 2. The lowest BCUT2D eigenvalue weighted by Gasteiger charge is -2.30. The van der Waals surface area contributed by atoms with Crippen molar-refractivity contribution in [3.63, 3.8) is 0 Å². The molecule has 43 heavy (non-hydrogen) atoms. The molecule has 1 fully saturated rings. The van der Waals surface area contributed by atoms with Gasteiger partial charge in [0.05, 0.1) is 6.04 Å². The highest BCUT2D eigenvalue weighted by molar-refractivity contribution is 5.95. The largest absolute Gasteiger partial charge is 0.480 e. The van der Waals surface area contributed by atoms with E-state index in [0.29, 0.717) is 32.1 Å². The van der Waals surface area contributed by atoms with E-state index in [4.69, 9.17) is 28.7 Å². The summed E-state index contributed by atoms with van der Waals surface area (Å²) in [4.78, 5) is 73.4. The highest BCUT2D eigenvalue weighted by Crippen LogP contribution is 2.20. The van der Waals surface area contributed by atoms with Crippen LogP contribution in [-0.2, 0) is 24.0 Å². The first-order chi connectivity index (χ1) is 20.1. The number of hydrogen-bond donors (Lipinski definition) is 9. The Balaban J connectivity index is 3.11. The maximum Gasteiger partial charge on any atom is 0.326 e. The lowest BCUT2D eigenvalue weighted by molar-refractivity contribution is -0.145. The smallest absolute Gasteiger partial charge is 0.326 e. The summed E-state index contributed by atoms with van der Waals surface area (Å²) >= 11 is 0. The molecular weight excluding hydrogens is 562 g/mol. The Labute approximate surface area is 251 Å². The van der Waals surface area contributed by atoms with E-state index >= 15 is 0 Å². The molecular formula is C26H49N11O6. The molecule has 14 N–H and O–H groups in total. The molecule has 0 unspecified atom stereocenters. The van der Waals surface area contributed by atoms with Crippen molar-refractivity contribution < 1.29 is 29.1 Å². The van der Waals surface area contributed by atoms with E-state index in [1.165, 1.54) is 11.8 Å². The van der Waals surface area contributed by atoms with Crippen LogP contribution in [0, 0.1) is 5.92 Å². The maximum atomic E-state index is 13.8. The van der Waals surface area contributed by atoms with Crippen molar-refractivity contribution in [3.8, 4) is 0 Å². The summed E-state index contributed by atoms with van der Waals surface area (Å²) in [6.07, 6.45) is 1.97. The van der Waals surface area contributed by atoms with E-state index in [1.54, 1.807) is 0 Å². The highest BCUT2D eigenvalue weighted by Gasteiger charge is 2.39. The molecule has 1 rings (SSSR count). The molecule has 0 radical (unpaired) electrons. The number of carboxylic acids is 1. The molecule has 0 aromatic rings. The molecule has 0 bridgehead atoms. The molecule has 5 atom stereocenters. The normalized spacial score (nSPS) is 17.2. The first kappa shape index (κ1) is 36.9. The lowest BCUT2D eigenvalue weighted by atomic mass is 10.0. The van der Waals surface area contributed by atoms with Gasteiger partial charge < -0.3 is 54.6 Å². The molecule has 1 saturated heterocycles. The van der Waals surface area contributed by atoms with Gasteiger partial charge in [-0.05, 0) is 57.8 Å². The SMILES string of the molecule is CC(C)C[C@H](NC(=O)[C@H](C)N)C(=O)N[C@@H](CCCN=C(N)N)C(=O)N1CCC[C@H]1C(=O)N[C@@H](CCCN=C(N)N)C(=O)O. The predicted molar refractivity (Wildman–Crippen MR) is 161 cm³/mol. The molecule has 1 aliphatic rings. The molecule has 0 aliphatic carbocycles. The molecule has 17 heteroatoms. The van der Waals surface area contributed by atoms with Crippen LogP contribution in [0.1, 0.15) is 65.7 Å². The lowest BCUT2D eigenvalue weighted by Crippen LogP contribution is -2.58. The van der Waals surface area contributed by atoms with Crippen LogP contribution in [0.25, 0.3) is 0 Å². The van der Waals surface area contributed by atoms with Gasteiger partial charge in [-0.15, -0.1) is 0 Å². The van der Waals surface area contributed by atoms with Gasteiger partial charge in [-0.2, -0.15) is 0 Å². The zero-order valence-electron chi connectivity index (χ0n) is 25.3. The van der Waals surface area contributed by atoms with Gasteiger partial charge in [0.25, 0.3) is 0 Å². The Morgan fingerprint density at radius 3 is 1.86 bits per heavy atom. The van der Waals surface area contributed by atoms with Crippen LogP contribution < -0.4 is 44.6 Å². The number of carbonyl (C=O) groups excluding carboxylic acids is 4. The zero-order valence-corrected chi connectivity index (χ0v) is 25.3. The predicted octanol–water partition coefficient (Wildman–Crippen LogP) is -2.98. The third kappa shape index (κ3) is 13.6. The molecule has 0 aromatic carbocycles. The van der Waals surface area contributed by atoms with E-state index in [9.17, 15) is 29.1 Å². The van der Waals surface area contributed by atoms with Crippen molar-refractivity contribution >= 4 is 41.5 Å². The number of likely N-dealkylation sites (tertiary alicyclic amines) is 1. The number of rotatable bonds is 18. The minimum absolute atomic E-state index is 0.0356. The number of aliphatic carboxylic acids is 1. The Hall–Kier alpha value is -4.15. The molecule has 0 spiro atoms. The maximum absolute atomic E-state index is 13.8. The second-order valence-electron chi connectivity index (χ2n) is 11.0. The Kier molecular flexibility index (Phi) is 15.8. The van der Waals surface area contributed by atoms with Gasteiger partial charge in [0.2, 0.25) is 23.6 Å². The van der Waals surface area contributed by atoms with Gasteiger partial charge in [-0.25, -0.2) is 4.79 Å². The summed E-state index contributed by atoms with van der Waals surface area (Å²) in [7, 11) is 0. The summed E-state index contributed by atoms with van der Waals surface area (Å²) in [5.41, 5.74) is 27.0. The fourth-order valence-electron chi connectivity index (χ4n) is 4.57. The number of nitrogens with two attached hydrogens (primary N) is 5. The highest BCUT2D eigenvalue weighted by atomic mass is 16.4. The topological polar surface area (TPSA) is 300 Å². The standard InChI is InChI=1S/C26H49N11O6/c1-14(2)13-18(36-20(38)15(3)27)21(39)34-16(7-4-10-32-25(28)29)23(41)37-12-6-9-19(37)22(40)35-17(24(42)43)8-5-11-33-26(30)31/h14-19H,4-13,27H2,1-3H3,(H,34,39)(H,35,40)(H,36,38)(H,42,43)(H4,28,29,32)(H4,30,31,33)/t15-,16-,17-,18-,19-/m0/s1. The first-order valence-corrected chi connectivity index (χ1v) is 14.4. The summed E-state index contributed by atoms with van der Waals surface area (Å²) < 4.78 is 0. The number of carboxylic acid groups (broad SMARTS) is 1. The van der Waals surface area contributed by atoms with Crippen LogP contribution in [0.2, 0.25) is 0 Å². The molecule has 1 heterocycles. The van der Waals surface area contributed by atoms with E-state index in [-0.39, 0.29) is 50.3 Å². The van der Waals surface area contributed by atoms with Crippen LogP contribution in [0.3, 0.4) is 0 Å². The average molecular weight is 612 g/mol. The van der Waals surface area contributed by atoms with Crippen molar-refractivity contribution in [2.75, 3.05) is 19.6 Å². The van der Waals surface area contributed by atoms with E-state index in [1.807, 2.05) is 13.8 Å².